The van der Waals surface area contributed by atoms with Gasteiger partial charge in [0.25, 0.3) is 0 Å². The molecule has 3 N–H and O–H groups in total. The minimum absolute atomic E-state index is 0.0545. The van der Waals surface area contributed by atoms with Gasteiger partial charge in [-0.3, -0.25) is 10.1 Å². The van der Waals surface area contributed by atoms with Crippen LogP contribution in [-0.4, -0.2) is 29.2 Å². The molecule has 0 saturated carbocycles. The highest BCUT2D eigenvalue weighted by Gasteiger charge is 2.27. The van der Waals surface area contributed by atoms with Crippen molar-refractivity contribution in [2.24, 2.45) is 5.92 Å². The van der Waals surface area contributed by atoms with Crippen molar-refractivity contribution < 1.29 is 9.66 Å². The fourth-order valence-corrected chi connectivity index (χ4v) is 2.35. The third-order valence-electron chi connectivity index (χ3n) is 3.37. The summed E-state index contributed by atoms with van der Waals surface area (Å²) in [6.07, 6.45) is 2.12. The van der Waals surface area contributed by atoms with Crippen molar-refractivity contribution in [2.45, 2.75) is 25.9 Å². The van der Waals surface area contributed by atoms with E-state index in [4.69, 9.17) is 10.5 Å². The number of ether oxygens (including phenoxy) is 1. The number of nitrogens with zero attached hydrogens (tertiary/aromatic N) is 2. The number of nitrogens with one attached hydrogen (secondary N) is 1. The SMILES string of the molecule is CCC1OCCC1CNc1nc(N)ccc1[N+](=O)[O-]. The lowest BCUT2D eigenvalue weighted by atomic mass is 10.00. The molecule has 1 aliphatic heterocycles. The molecule has 0 radical (unpaired) electrons. The smallest absolute Gasteiger partial charge is 0.311 e. The fourth-order valence-electron chi connectivity index (χ4n) is 2.35. The second-order valence-electron chi connectivity index (χ2n) is 4.61. The predicted octanol–water partition coefficient (Wildman–Crippen LogP) is 1.80. The van der Waals surface area contributed by atoms with Crippen LogP contribution in [0.4, 0.5) is 17.3 Å². The zero-order valence-corrected chi connectivity index (χ0v) is 10.8. The molecule has 19 heavy (non-hydrogen) atoms. The molecule has 0 bridgehead atoms. The molecule has 1 fully saturated rings. The summed E-state index contributed by atoms with van der Waals surface area (Å²) in [7, 11) is 0. The van der Waals surface area contributed by atoms with Crippen LogP contribution in [0.1, 0.15) is 19.8 Å². The van der Waals surface area contributed by atoms with Gasteiger partial charge in [-0.2, -0.15) is 0 Å². The highest BCUT2D eigenvalue weighted by molar-refractivity contribution is 5.59. The first-order valence-electron chi connectivity index (χ1n) is 6.38. The first-order valence-corrected chi connectivity index (χ1v) is 6.38. The molecule has 0 spiro atoms. The number of aromatic nitrogens is 1. The van der Waals surface area contributed by atoms with Crippen molar-refractivity contribution in [1.82, 2.24) is 4.98 Å². The van der Waals surface area contributed by atoms with Gasteiger partial charge in [0.1, 0.15) is 5.82 Å². The Kier molecular flexibility index (Phi) is 4.16. The van der Waals surface area contributed by atoms with E-state index in [-0.39, 0.29) is 23.4 Å². The van der Waals surface area contributed by atoms with Crippen molar-refractivity contribution in [3.05, 3.63) is 22.2 Å². The van der Waals surface area contributed by atoms with Crippen molar-refractivity contribution in [3.63, 3.8) is 0 Å². The lowest BCUT2D eigenvalue weighted by molar-refractivity contribution is -0.384. The van der Waals surface area contributed by atoms with E-state index < -0.39 is 4.92 Å². The predicted molar refractivity (Wildman–Crippen MR) is 71.9 cm³/mol. The Hall–Kier alpha value is -1.89. The van der Waals surface area contributed by atoms with Gasteiger partial charge in [0, 0.05) is 25.1 Å². The van der Waals surface area contributed by atoms with E-state index in [1.165, 1.54) is 12.1 Å². The average Bonchev–Trinajstić information content (AvgIpc) is 2.83. The summed E-state index contributed by atoms with van der Waals surface area (Å²) in [5.41, 5.74) is 5.51. The van der Waals surface area contributed by atoms with Crippen molar-refractivity contribution in [2.75, 3.05) is 24.2 Å². The molecule has 2 atom stereocenters. The van der Waals surface area contributed by atoms with Gasteiger partial charge in [-0.05, 0) is 18.9 Å². The molecule has 0 amide bonds. The maximum Gasteiger partial charge on any atom is 0.311 e. The van der Waals surface area contributed by atoms with Crippen molar-refractivity contribution in [1.29, 1.82) is 0 Å². The van der Waals surface area contributed by atoms with Crippen LogP contribution in [0.3, 0.4) is 0 Å². The third kappa shape index (κ3) is 3.11. The molecule has 0 aromatic carbocycles. The fraction of sp³-hybridized carbons (Fsp3) is 0.583. The standard InChI is InChI=1S/C12H18N4O3/c1-2-10-8(5-6-19-10)7-14-12-9(16(17)18)3-4-11(13)15-12/h3-4,8,10H,2,5-7H2,1H3,(H3,13,14,15). The average molecular weight is 266 g/mol. The topological polar surface area (TPSA) is 103 Å². The maximum atomic E-state index is 10.9. The van der Waals surface area contributed by atoms with Crippen LogP contribution in [0, 0.1) is 16.0 Å². The van der Waals surface area contributed by atoms with Gasteiger partial charge in [0.15, 0.2) is 0 Å². The van der Waals surface area contributed by atoms with Crippen LogP contribution in [0.15, 0.2) is 12.1 Å². The quantitative estimate of drug-likeness (QED) is 0.622. The Morgan fingerprint density at radius 3 is 3.11 bits per heavy atom. The van der Waals surface area contributed by atoms with Crippen LogP contribution < -0.4 is 11.1 Å². The first-order chi connectivity index (χ1) is 9.11. The summed E-state index contributed by atoms with van der Waals surface area (Å²) in [4.78, 5) is 14.4. The summed E-state index contributed by atoms with van der Waals surface area (Å²) < 4.78 is 5.59. The molecule has 2 heterocycles. The van der Waals surface area contributed by atoms with Gasteiger partial charge in [-0.1, -0.05) is 6.92 Å². The van der Waals surface area contributed by atoms with E-state index in [0.717, 1.165) is 19.4 Å². The highest BCUT2D eigenvalue weighted by Crippen LogP contribution is 2.27. The zero-order valence-electron chi connectivity index (χ0n) is 10.8. The molecule has 2 rings (SSSR count). The summed E-state index contributed by atoms with van der Waals surface area (Å²) in [5.74, 6) is 0.849. The molecule has 0 aliphatic carbocycles. The highest BCUT2D eigenvalue weighted by atomic mass is 16.6. The Morgan fingerprint density at radius 2 is 2.42 bits per heavy atom. The van der Waals surface area contributed by atoms with E-state index in [1.54, 1.807) is 0 Å². The molecular formula is C12H18N4O3. The summed E-state index contributed by atoms with van der Waals surface area (Å²) in [6.45, 7) is 3.43. The maximum absolute atomic E-state index is 10.9. The molecule has 2 unspecified atom stereocenters. The number of hydrogen-bond donors (Lipinski definition) is 2. The molecule has 1 saturated heterocycles. The summed E-state index contributed by atoms with van der Waals surface area (Å²) in [6, 6.07) is 2.80. The minimum Gasteiger partial charge on any atom is -0.384 e. The number of hydrogen-bond acceptors (Lipinski definition) is 6. The second kappa shape index (κ2) is 5.83. The summed E-state index contributed by atoms with van der Waals surface area (Å²) >= 11 is 0. The van der Waals surface area contributed by atoms with Crippen molar-refractivity contribution in [3.8, 4) is 0 Å². The van der Waals surface area contributed by atoms with Crippen molar-refractivity contribution >= 4 is 17.3 Å². The lowest BCUT2D eigenvalue weighted by Crippen LogP contribution is -2.23. The van der Waals surface area contributed by atoms with E-state index >= 15 is 0 Å². The van der Waals surface area contributed by atoms with Gasteiger partial charge in [0.05, 0.1) is 11.0 Å². The Bertz CT molecular complexity index is 466. The van der Waals surface area contributed by atoms with Crippen LogP contribution in [0.25, 0.3) is 0 Å². The number of nitrogen functional groups attached to an aromatic ring is 1. The lowest BCUT2D eigenvalue weighted by Gasteiger charge is -2.17. The van der Waals surface area contributed by atoms with Gasteiger partial charge in [-0.15, -0.1) is 0 Å². The van der Waals surface area contributed by atoms with Crippen LogP contribution in [0.2, 0.25) is 0 Å². The van der Waals surface area contributed by atoms with Crippen LogP contribution in [0.5, 0.6) is 0 Å². The zero-order chi connectivity index (χ0) is 13.8. The third-order valence-corrected chi connectivity index (χ3v) is 3.37. The van der Waals surface area contributed by atoms with Gasteiger partial charge in [0.2, 0.25) is 5.82 Å². The van der Waals surface area contributed by atoms with Crippen LogP contribution in [-0.2, 0) is 4.74 Å². The van der Waals surface area contributed by atoms with E-state index in [1.807, 2.05) is 0 Å². The normalized spacial score (nSPS) is 22.4. The Morgan fingerprint density at radius 1 is 1.63 bits per heavy atom. The number of nitro groups is 1. The molecule has 104 valence electrons. The van der Waals surface area contributed by atoms with E-state index in [2.05, 4.69) is 17.2 Å². The largest absolute Gasteiger partial charge is 0.384 e. The van der Waals surface area contributed by atoms with Gasteiger partial charge in [-0.25, -0.2) is 4.98 Å². The first kappa shape index (κ1) is 13.5. The molecule has 7 heteroatoms. The molecule has 7 nitrogen and oxygen atoms in total. The number of pyridine rings is 1. The van der Waals surface area contributed by atoms with E-state index in [9.17, 15) is 10.1 Å². The van der Waals surface area contributed by atoms with E-state index in [0.29, 0.717) is 12.5 Å². The number of nitrogens with two attached hydrogens (primary N) is 1. The Labute approximate surface area is 111 Å². The summed E-state index contributed by atoms with van der Waals surface area (Å²) in [5, 5.41) is 13.9. The number of rotatable bonds is 5. The Balaban J connectivity index is 2.06. The second-order valence-corrected chi connectivity index (χ2v) is 4.61. The molecule has 1 aromatic rings. The molecular weight excluding hydrogens is 248 g/mol. The molecule has 1 aliphatic rings. The van der Waals surface area contributed by atoms with Gasteiger partial charge < -0.3 is 15.8 Å². The van der Waals surface area contributed by atoms with Gasteiger partial charge >= 0.3 is 5.69 Å². The van der Waals surface area contributed by atoms with Crippen LogP contribution >= 0.6 is 0 Å². The minimum atomic E-state index is -0.461. The number of anilines is 2. The molecule has 1 aromatic heterocycles. The monoisotopic (exact) mass is 266 g/mol.